The minimum Gasteiger partial charge on any atom is -0.240 e. The molecule has 0 aliphatic carbocycles. The van der Waals surface area contributed by atoms with E-state index in [1.807, 2.05) is 0 Å². The monoisotopic (exact) mass is 148 g/mol. The van der Waals surface area contributed by atoms with Gasteiger partial charge >= 0.3 is 0 Å². The standard InChI is InChI=1S/C5H4F2NS/c1-3-8-4(2-9-3)5(6)7/h5H,1H3. The molecule has 0 unspecified atom stereocenters. The molecule has 1 aromatic heterocycles. The van der Waals surface area contributed by atoms with Crippen molar-refractivity contribution in [1.82, 2.24) is 4.98 Å². The van der Waals surface area contributed by atoms with Gasteiger partial charge in [0, 0.05) is 0 Å². The fourth-order valence-electron chi connectivity index (χ4n) is 0.435. The highest BCUT2D eigenvalue weighted by Crippen LogP contribution is 2.18. The molecule has 4 heteroatoms. The Balaban J connectivity index is 2.85. The molecule has 0 aliphatic heterocycles. The smallest absolute Gasteiger partial charge is 0.240 e. The van der Waals surface area contributed by atoms with E-state index in [0.29, 0.717) is 5.01 Å². The minimum absolute atomic E-state index is 0.238. The summed E-state index contributed by atoms with van der Waals surface area (Å²) in [5.41, 5.74) is -0.238. The van der Waals surface area contributed by atoms with Gasteiger partial charge < -0.3 is 0 Å². The number of aryl methyl sites for hydroxylation is 1. The quantitative estimate of drug-likeness (QED) is 0.594. The van der Waals surface area contributed by atoms with Gasteiger partial charge in [-0.15, -0.1) is 11.3 Å². The van der Waals surface area contributed by atoms with E-state index >= 15 is 0 Å². The van der Waals surface area contributed by atoms with Crippen LogP contribution in [0.25, 0.3) is 0 Å². The number of rotatable bonds is 1. The topological polar surface area (TPSA) is 12.9 Å². The van der Waals surface area contributed by atoms with Gasteiger partial charge in [0.1, 0.15) is 5.69 Å². The molecule has 0 saturated heterocycles. The van der Waals surface area contributed by atoms with E-state index in [1.54, 1.807) is 6.92 Å². The Bertz CT molecular complexity index is 197. The highest BCUT2D eigenvalue weighted by Gasteiger charge is 2.09. The van der Waals surface area contributed by atoms with E-state index in [1.165, 1.54) is 0 Å². The van der Waals surface area contributed by atoms with E-state index in [4.69, 9.17) is 0 Å². The first kappa shape index (κ1) is 6.61. The van der Waals surface area contributed by atoms with E-state index < -0.39 is 6.43 Å². The van der Waals surface area contributed by atoms with Crippen molar-refractivity contribution in [3.8, 4) is 0 Å². The first-order valence-electron chi connectivity index (χ1n) is 2.33. The number of hydrogen-bond acceptors (Lipinski definition) is 2. The predicted molar refractivity (Wildman–Crippen MR) is 30.6 cm³/mol. The Morgan fingerprint density at radius 2 is 2.33 bits per heavy atom. The lowest BCUT2D eigenvalue weighted by atomic mass is 10.5. The van der Waals surface area contributed by atoms with Gasteiger partial charge in [0.05, 0.1) is 10.4 Å². The van der Waals surface area contributed by atoms with Crippen LogP contribution in [0.15, 0.2) is 0 Å². The van der Waals surface area contributed by atoms with Gasteiger partial charge in [-0.1, -0.05) is 0 Å². The number of nitrogens with zero attached hydrogens (tertiary/aromatic N) is 1. The molecule has 0 amide bonds. The zero-order valence-corrected chi connectivity index (χ0v) is 5.51. The maximum absolute atomic E-state index is 11.7. The van der Waals surface area contributed by atoms with Crippen molar-refractivity contribution >= 4 is 11.3 Å². The SMILES string of the molecule is Cc1nc(C(F)F)[c]s1. The predicted octanol–water partition coefficient (Wildman–Crippen LogP) is 2.19. The van der Waals surface area contributed by atoms with Crippen LogP contribution in [-0.2, 0) is 0 Å². The Hall–Kier alpha value is -0.510. The summed E-state index contributed by atoms with van der Waals surface area (Å²) >= 11 is 1.12. The van der Waals surface area contributed by atoms with Crippen LogP contribution in [0.2, 0.25) is 0 Å². The number of aromatic nitrogens is 1. The second-order valence-corrected chi connectivity index (χ2v) is 2.52. The maximum atomic E-state index is 11.7. The third-order valence-corrected chi connectivity index (χ3v) is 1.49. The molecule has 1 nitrogen and oxygen atoms in total. The summed E-state index contributed by atoms with van der Waals surface area (Å²) < 4.78 is 23.4. The second kappa shape index (κ2) is 2.39. The van der Waals surface area contributed by atoms with Crippen molar-refractivity contribution in [2.45, 2.75) is 13.3 Å². The molecule has 0 spiro atoms. The van der Waals surface area contributed by atoms with Crippen molar-refractivity contribution in [2.24, 2.45) is 0 Å². The van der Waals surface area contributed by atoms with E-state index in [2.05, 4.69) is 10.4 Å². The Kier molecular flexibility index (Phi) is 1.75. The molecule has 1 radical (unpaired) electrons. The molecule has 0 saturated carbocycles. The number of thiazole rings is 1. The third kappa shape index (κ3) is 1.45. The van der Waals surface area contributed by atoms with Crippen LogP contribution >= 0.6 is 11.3 Å². The lowest BCUT2D eigenvalue weighted by Crippen LogP contribution is -1.82. The van der Waals surface area contributed by atoms with Crippen molar-refractivity contribution in [2.75, 3.05) is 0 Å². The summed E-state index contributed by atoms with van der Waals surface area (Å²) in [4.78, 5) is 3.52. The van der Waals surface area contributed by atoms with Crippen molar-refractivity contribution < 1.29 is 8.78 Å². The van der Waals surface area contributed by atoms with Crippen molar-refractivity contribution in [1.29, 1.82) is 0 Å². The van der Waals surface area contributed by atoms with Crippen molar-refractivity contribution in [3.05, 3.63) is 16.1 Å². The molecule has 49 valence electrons. The highest BCUT2D eigenvalue weighted by molar-refractivity contribution is 7.09. The van der Waals surface area contributed by atoms with Crippen LogP contribution in [-0.4, -0.2) is 4.98 Å². The molecule has 0 N–H and O–H groups in total. The van der Waals surface area contributed by atoms with Gasteiger partial charge in [0.2, 0.25) is 0 Å². The average molecular weight is 148 g/mol. The lowest BCUT2D eigenvalue weighted by molar-refractivity contribution is 0.146. The van der Waals surface area contributed by atoms with Gasteiger partial charge in [-0.05, 0) is 6.92 Å². The Labute approximate surface area is 55.4 Å². The molecule has 1 rings (SSSR count). The summed E-state index contributed by atoms with van der Waals surface area (Å²) in [6.07, 6.45) is -2.48. The Morgan fingerprint density at radius 3 is 2.56 bits per heavy atom. The summed E-state index contributed by atoms with van der Waals surface area (Å²) in [6, 6.07) is 0. The largest absolute Gasteiger partial charge is 0.281 e. The van der Waals surface area contributed by atoms with E-state index in [9.17, 15) is 8.78 Å². The lowest BCUT2D eigenvalue weighted by Gasteiger charge is -1.86. The van der Waals surface area contributed by atoms with Crippen LogP contribution in [0.4, 0.5) is 8.78 Å². The summed E-state index contributed by atoms with van der Waals surface area (Å²) in [5, 5.41) is 3.02. The second-order valence-electron chi connectivity index (χ2n) is 1.52. The molecular weight excluding hydrogens is 144 g/mol. The van der Waals surface area contributed by atoms with Gasteiger partial charge in [0.25, 0.3) is 6.43 Å². The number of halogens is 2. The summed E-state index contributed by atoms with van der Waals surface area (Å²) in [5.74, 6) is 0. The first-order chi connectivity index (χ1) is 4.20. The number of hydrogen-bond donors (Lipinski definition) is 0. The normalized spacial score (nSPS) is 10.7. The zero-order chi connectivity index (χ0) is 6.85. The Morgan fingerprint density at radius 1 is 1.67 bits per heavy atom. The van der Waals surface area contributed by atoms with Crippen LogP contribution in [0.3, 0.4) is 0 Å². The van der Waals surface area contributed by atoms with Gasteiger partial charge in [0.15, 0.2) is 0 Å². The zero-order valence-electron chi connectivity index (χ0n) is 4.69. The molecule has 0 atom stereocenters. The molecule has 0 bridgehead atoms. The average Bonchev–Trinajstić information content (AvgIpc) is 2.14. The van der Waals surface area contributed by atoms with Crippen LogP contribution in [0.1, 0.15) is 17.1 Å². The van der Waals surface area contributed by atoms with Crippen molar-refractivity contribution in [3.63, 3.8) is 0 Å². The first-order valence-corrected chi connectivity index (χ1v) is 3.15. The molecule has 0 aromatic carbocycles. The van der Waals surface area contributed by atoms with Crippen LogP contribution in [0, 0.1) is 12.3 Å². The molecular formula is C5H4F2NS. The fourth-order valence-corrected chi connectivity index (χ4v) is 0.966. The van der Waals surface area contributed by atoms with Gasteiger partial charge in [-0.3, -0.25) is 0 Å². The minimum atomic E-state index is -2.48. The van der Waals surface area contributed by atoms with Crippen LogP contribution < -0.4 is 0 Å². The molecule has 0 fully saturated rings. The third-order valence-electron chi connectivity index (χ3n) is 0.788. The van der Waals surface area contributed by atoms with Gasteiger partial charge in [-0.25, -0.2) is 13.8 Å². The van der Waals surface area contributed by atoms with E-state index in [-0.39, 0.29) is 5.69 Å². The van der Waals surface area contributed by atoms with E-state index in [0.717, 1.165) is 11.3 Å². The fraction of sp³-hybridized carbons (Fsp3) is 0.400. The molecule has 1 heterocycles. The highest BCUT2D eigenvalue weighted by atomic mass is 32.1. The molecule has 0 aliphatic rings. The van der Waals surface area contributed by atoms with Crippen LogP contribution in [0.5, 0.6) is 0 Å². The van der Waals surface area contributed by atoms with Gasteiger partial charge in [-0.2, -0.15) is 0 Å². The summed E-state index contributed by atoms with van der Waals surface area (Å²) in [6.45, 7) is 1.67. The maximum Gasteiger partial charge on any atom is 0.281 e. The molecule has 9 heavy (non-hydrogen) atoms. The summed E-state index contributed by atoms with van der Waals surface area (Å²) in [7, 11) is 0. The molecule has 1 aromatic rings. The number of alkyl halides is 2.